The SMILES string of the molecule is CCC1CCC(c2ccc(C(F)(F)C(C)(F)F)cc2)CC1. The Morgan fingerprint density at radius 2 is 1.48 bits per heavy atom. The summed E-state index contributed by atoms with van der Waals surface area (Å²) >= 11 is 0. The summed E-state index contributed by atoms with van der Waals surface area (Å²) in [6, 6.07) is 5.48. The molecular weight excluding hydrogens is 280 g/mol. The van der Waals surface area contributed by atoms with Crippen LogP contribution >= 0.6 is 0 Å². The predicted molar refractivity (Wildman–Crippen MR) is 75.9 cm³/mol. The van der Waals surface area contributed by atoms with Crippen LogP contribution in [-0.4, -0.2) is 5.92 Å². The van der Waals surface area contributed by atoms with Gasteiger partial charge in [-0.3, -0.25) is 0 Å². The zero-order valence-corrected chi connectivity index (χ0v) is 12.5. The van der Waals surface area contributed by atoms with Gasteiger partial charge in [0.05, 0.1) is 0 Å². The third-order valence-electron chi connectivity index (χ3n) is 4.72. The molecule has 0 saturated heterocycles. The molecule has 1 fully saturated rings. The highest BCUT2D eigenvalue weighted by Gasteiger charge is 2.53. The number of benzene rings is 1. The Kier molecular flexibility index (Phi) is 4.64. The third kappa shape index (κ3) is 3.41. The minimum Gasteiger partial charge on any atom is -0.200 e. The summed E-state index contributed by atoms with van der Waals surface area (Å²) in [5.41, 5.74) is 0.379. The molecule has 0 atom stereocenters. The maximum atomic E-state index is 13.6. The van der Waals surface area contributed by atoms with Crippen molar-refractivity contribution in [2.75, 3.05) is 0 Å². The number of halogens is 4. The van der Waals surface area contributed by atoms with Gasteiger partial charge in [0.25, 0.3) is 0 Å². The van der Waals surface area contributed by atoms with E-state index in [-0.39, 0.29) is 6.92 Å². The highest BCUT2D eigenvalue weighted by Crippen LogP contribution is 2.43. The molecule has 21 heavy (non-hydrogen) atoms. The van der Waals surface area contributed by atoms with E-state index in [1.807, 2.05) is 0 Å². The molecule has 0 amide bonds. The summed E-state index contributed by atoms with van der Waals surface area (Å²) in [6.07, 6.45) is 5.61. The Bertz CT molecular complexity index is 451. The molecule has 1 aliphatic rings. The van der Waals surface area contributed by atoms with E-state index in [0.717, 1.165) is 49.3 Å². The number of alkyl halides is 4. The first-order valence-corrected chi connectivity index (χ1v) is 7.61. The lowest BCUT2D eigenvalue weighted by Gasteiger charge is -2.28. The van der Waals surface area contributed by atoms with Crippen molar-refractivity contribution in [2.24, 2.45) is 5.92 Å². The molecule has 4 heteroatoms. The zero-order chi connectivity index (χ0) is 15.7. The molecule has 0 N–H and O–H groups in total. The summed E-state index contributed by atoms with van der Waals surface area (Å²) in [4.78, 5) is 0. The molecule has 0 spiro atoms. The largest absolute Gasteiger partial charge is 0.335 e. The summed E-state index contributed by atoms with van der Waals surface area (Å²) in [6.45, 7) is 2.44. The molecule has 0 aromatic heterocycles. The average molecular weight is 302 g/mol. The van der Waals surface area contributed by atoms with Crippen LogP contribution in [0.4, 0.5) is 17.6 Å². The molecule has 1 aromatic rings. The van der Waals surface area contributed by atoms with Crippen LogP contribution in [0.25, 0.3) is 0 Å². The van der Waals surface area contributed by atoms with Crippen molar-refractivity contribution < 1.29 is 17.6 Å². The van der Waals surface area contributed by atoms with Gasteiger partial charge in [0.2, 0.25) is 0 Å². The fourth-order valence-electron chi connectivity index (χ4n) is 3.12. The number of hydrogen-bond acceptors (Lipinski definition) is 0. The fraction of sp³-hybridized carbons (Fsp3) is 0.647. The molecular formula is C17H22F4. The summed E-state index contributed by atoms with van der Waals surface area (Å²) in [5.74, 6) is -7.03. The minimum atomic E-state index is -4.12. The van der Waals surface area contributed by atoms with Crippen LogP contribution in [0.15, 0.2) is 24.3 Å². The van der Waals surface area contributed by atoms with E-state index in [1.165, 1.54) is 6.42 Å². The van der Waals surface area contributed by atoms with E-state index in [0.29, 0.717) is 5.92 Å². The molecule has 0 bridgehead atoms. The summed E-state index contributed by atoms with van der Waals surface area (Å²) in [5, 5.41) is 0. The molecule has 0 heterocycles. The van der Waals surface area contributed by atoms with Gasteiger partial charge >= 0.3 is 11.8 Å². The van der Waals surface area contributed by atoms with Gasteiger partial charge in [0.1, 0.15) is 0 Å². The number of rotatable bonds is 4. The van der Waals surface area contributed by atoms with Crippen molar-refractivity contribution in [2.45, 2.75) is 63.7 Å². The maximum absolute atomic E-state index is 13.6. The first-order valence-electron chi connectivity index (χ1n) is 7.61. The molecule has 118 valence electrons. The highest BCUT2D eigenvalue weighted by molar-refractivity contribution is 5.29. The van der Waals surface area contributed by atoms with Gasteiger partial charge in [-0.25, -0.2) is 0 Å². The smallest absolute Gasteiger partial charge is 0.200 e. The van der Waals surface area contributed by atoms with Crippen LogP contribution < -0.4 is 0 Å². The normalized spacial score (nSPS) is 24.1. The molecule has 0 radical (unpaired) electrons. The second kappa shape index (κ2) is 5.98. The van der Waals surface area contributed by atoms with Gasteiger partial charge in [-0.05, 0) is 43.1 Å². The van der Waals surface area contributed by atoms with E-state index in [4.69, 9.17) is 0 Å². The standard InChI is InChI=1S/C17H22F4/c1-3-12-4-6-13(7-5-12)14-8-10-15(11-9-14)17(20,21)16(2,18)19/h8-13H,3-7H2,1-2H3. The quantitative estimate of drug-likeness (QED) is 0.588. The maximum Gasteiger partial charge on any atom is 0.335 e. The van der Waals surface area contributed by atoms with Crippen molar-refractivity contribution in [3.05, 3.63) is 35.4 Å². The van der Waals surface area contributed by atoms with Crippen LogP contribution in [-0.2, 0) is 5.92 Å². The monoisotopic (exact) mass is 302 g/mol. The van der Waals surface area contributed by atoms with Crippen LogP contribution in [0.3, 0.4) is 0 Å². The van der Waals surface area contributed by atoms with E-state index >= 15 is 0 Å². The minimum absolute atomic E-state index is 0.257. The topological polar surface area (TPSA) is 0 Å². The third-order valence-corrected chi connectivity index (χ3v) is 4.72. The molecule has 0 nitrogen and oxygen atoms in total. The fourth-order valence-corrected chi connectivity index (χ4v) is 3.12. The van der Waals surface area contributed by atoms with Crippen molar-refractivity contribution in [3.63, 3.8) is 0 Å². The van der Waals surface area contributed by atoms with Crippen LogP contribution in [0.5, 0.6) is 0 Å². The highest BCUT2D eigenvalue weighted by atomic mass is 19.3. The molecule has 2 rings (SSSR count). The van der Waals surface area contributed by atoms with Gasteiger partial charge in [-0.1, -0.05) is 37.6 Å². The van der Waals surface area contributed by atoms with E-state index in [2.05, 4.69) is 6.92 Å². The molecule has 1 aliphatic carbocycles. The lowest BCUT2D eigenvalue weighted by Crippen LogP contribution is -2.34. The second-order valence-corrected chi connectivity index (χ2v) is 6.21. The Hall–Kier alpha value is -1.06. The lowest BCUT2D eigenvalue weighted by atomic mass is 9.77. The Morgan fingerprint density at radius 3 is 1.90 bits per heavy atom. The summed E-state index contributed by atoms with van der Waals surface area (Å²) in [7, 11) is 0. The van der Waals surface area contributed by atoms with E-state index in [9.17, 15) is 17.6 Å². The molecule has 0 unspecified atom stereocenters. The van der Waals surface area contributed by atoms with Crippen molar-refractivity contribution >= 4 is 0 Å². The summed E-state index contributed by atoms with van der Waals surface area (Å²) < 4.78 is 53.1. The molecule has 1 aromatic carbocycles. The van der Waals surface area contributed by atoms with Gasteiger partial charge in [0, 0.05) is 12.5 Å². The first-order chi connectivity index (χ1) is 9.75. The Labute approximate surface area is 123 Å². The first kappa shape index (κ1) is 16.3. The van der Waals surface area contributed by atoms with Crippen molar-refractivity contribution in [1.29, 1.82) is 0 Å². The average Bonchev–Trinajstić information content (AvgIpc) is 2.46. The van der Waals surface area contributed by atoms with Gasteiger partial charge < -0.3 is 0 Å². The van der Waals surface area contributed by atoms with Gasteiger partial charge in [-0.15, -0.1) is 0 Å². The number of hydrogen-bond donors (Lipinski definition) is 0. The van der Waals surface area contributed by atoms with Crippen molar-refractivity contribution in [1.82, 2.24) is 0 Å². The van der Waals surface area contributed by atoms with E-state index in [1.54, 1.807) is 12.1 Å². The Morgan fingerprint density at radius 1 is 0.952 bits per heavy atom. The van der Waals surface area contributed by atoms with Crippen LogP contribution in [0.1, 0.15) is 63.0 Å². The predicted octanol–water partition coefficient (Wildman–Crippen LogP) is 6.12. The molecule has 0 aliphatic heterocycles. The lowest BCUT2D eigenvalue weighted by molar-refractivity contribution is -0.204. The van der Waals surface area contributed by atoms with Crippen LogP contribution in [0, 0.1) is 5.92 Å². The van der Waals surface area contributed by atoms with Gasteiger partial charge in [-0.2, -0.15) is 17.6 Å². The van der Waals surface area contributed by atoms with E-state index < -0.39 is 17.4 Å². The zero-order valence-electron chi connectivity index (χ0n) is 12.5. The molecule has 1 saturated carbocycles. The second-order valence-electron chi connectivity index (χ2n) is 6.21. The van der Waals surface area contributed by atoms with Gasteiger partial charge in [0.15, 0.2) is 0 Å². The van der Waals surface area contributed by atoms with Crippen LogP contribution in [0.2, 0.25) is 0 Å². The Balaban J connectivity index is 2.10. The van der Waals surface area contributed by atoms with Crippen molar-refractivity contribution in [3.8, 4) is 0 Å².